The molecule has 19 heavy (non-hydrogen) atoms. The van der Waals surface area contributed by atoms with Crippen molar-refractivity contribution in [3.8, 4) is 0 Å². The van der Waals surface area contributed by atoms with Gasteiger partial charge in [-0.2, -0.15) is 9.97 Å². The third kappa shape index (κ3) is 3.65. The number of anilines is 4. The van der Waals surface area contributed by atoms with Gasteiger partial charge in [-0.05, 0) is 36.2 Å². The Hall–Kier alpha value is -2.15. The molecule has 0 fully saturated rings. The number of benzene rings is 1. The summed E-state index contributed by atoms with van der Waals surface area (Å²) in [6, 6.07) is 9.47. The molecule has 6 nitrogen and oxygen atoms in total. The molecule has 100 valence electrons. The van der Waals surface area contributed by atoms with Crippen LogP contribution in [-0.4, -0.2) is 24.1 Å². The van der Waals surface area contributed by atoms with Crippen molar-refractivity contribution >= 4 is 35.2 Å². The molecule has 0 atom stereocenters. The molecular formula is C12H16N6S. The molecule has 1 heterocycles. The number of nitrogen functional groups attached to an aromatic ring is 1. The number of nitrogens with two attached hydrogens (primary N) is 1. The van der Waals surface area contributed by atoms with Crippen molar-refractivity contribution in [2.75, 3.05) is 35.2 Å². The molecule has 0 aliphatic carbocycles. The Morgan fingerprint density at radius 2 is 1.68 bits per heavy atom. The molecule has 0 bridgehead atoms. The van der Waals surface area contributed by atoms with E-state index < -0.39 is 0 Å². The van der Waals surface area contributed by atoms with Gasteiger partial charge in [0.05, 0.1) is 0 Å². The van der Waals surface area contributed by atoms with Crippen LogP contribution in [0.15, 0.2) is 35.2 Å². The number of aromatic nitrogens is 2. The molecule has 5 N–H and O–H groups in total. The highest BCUT2D eigenvalue weighted by Gasteiger charge is 2.03. The Bertz CT molecular complexity index is 520. The third-order valence-corrected chi connectivity index (χ3v) is 3.18. The van der Waals surface area contributed by atoms with Crippen LogP contribution in [0.4, 0.5) is 23.3 Å². The standard InChI is InChI=1S/C12H16N6S/c1-14-10-7-11(17-12(15-2)16-10)18-19-9-5-3-8(13)4-6-9/h3-7H,13H2,1-2H3,(H3,14,15,16,17,18). The fourth-order valence-corrected chi connectivity index (χ4v) is 1.99. The zero-order valence-electron chi connectivity index (χ0n) is 10.8. The highest BCUT2D eigenvalue weighted by Crippen LogP contribution is 2.22. The number of rotatable bonds is 5. The first-order valence-corrected chi connectivity index (χ1v) is 6.56. The van der Waals surface area contributed by atoms with E-state index in [-0.39, 0.29) is 0 Å². The predicted molar refractivity (Wildman–Crippen MR) is 81.5 cm³/mol. The van der Waals surface area contributed by atoms with Crippen LogP contribution in [0.2, 0.25) is 0 Å². The van der Waals surface area contributed by atoms with Crippen LogP contribution in [0, 0.1) is 0 Å². The van der Waals surface area contributed by atoms with Crippen LogP contribution in [0.5, 0.6) is 0 Å². The van der Waals surface area contributed by atoms with Crippen LogP contribution >= 0.6 is 11.9 Å². The van der Waals surface area contributed by atoms with Crippen LogP contribution in [0.1, 0.15) is 0 Å². The lowest BCUT2D eigenvalue weighted by molar-refractivity contribution is 1.15. The summed E-state index contributed by atoms with van der Waals surface area (Å²) < 4.78 is 3.17. The van der Waals surface area contributed by atoms with Gasteiger partial charge in [-0.25, -0.2) is 0 Å². The fourth-order valence-electron chi connectivity index (χ4n) is 1.39. The Morgan fingerprint density at radius 1 is 1.00 bits per heavy atom. The van der Waals surface area contributed by atoms with E-state index in [9.17, 15) is 0 Å². The SMILES string of the molecule is CNc1cc(NSc2ccc(N)cc2)nc(NC)n1. The van der Waals surface area contributed by atoms with Gasteiger partial charge in [-0.1, -0.05) is 0 Å². The molecule has 0 unspecified atom stereocenters. The molecule has 0 aliphatic rings. The topological polar surface area (TPSA) is 87.9 Å². The van der Waals surface area contributed by atoms with Crippen molar-refractivity contribution < 1.29 is 0 Å². The van der Waals surface area contributed by atoms with Gasteiger partial charge in [-0.3, -0.25) is 0 Å². The van der Waals surface area contributed by atoms with Crippen molar-refractivity contribution in [2.24, 2.45) is 0 Å². The Morgan fingerprint density at radius 3 is 2.32 bits per heavy atom. The van der Waals surface area contributed by atoms with E-state index in [1.165, 1.54) is 11.9 Å². The summed E-state index contributed by atoms with van der Waals surface area (Å²) in [4.78, 5) is 9.61. The third-order valence-electron chi connectivity index (χ3n) is 2.36. The Kier molecular flexibility index (Phi) is 4.30. The molecule has 0 radical (unpaired) electrons. The fraction of sp³-hybridized carbons (Fsp3) is 0.167. The van der Waals surface area contributed by atoms with E-state index in [0.29, 0.717) is 5.95 Å². The molecule has 2 rings (SSSR count). The minimum atomic E-state index is 0.562. The first kappa shape index (κ1) is 13.3. The summed E-state index contributed by atoms with van der Waals surface area (Å²) >= 11 is 1.47. The quantitative estimate of drug-likeness (QED) is 0.492. The first-order chi connectivity index (χ1) is 9.21. The Labute approximate surface area is 116 Å². The number of nitrogens with zero attached hydrogens (tertiary/aromatic N) is 2. The van der Waals surface area contributed by atoms with E-state index in [1.54, 1.807) is 7.05 Å². The van der Waals surface area contributed by atoms with Gasteiger partial charge < -0.3 is 21.1 Å². The normalized spacial score (nSPS) is 10.0. The summed E-state index contributed by atoms with van der Waals surface area (Å²) in [6.07, 6.45) is 0. The lowest BCUT2D eigenvalue weighted by atomic mass is 10.3. The summed E-state index contributed by atoms with van der Waals surface area (Å²) in [7, 11) is 3.60. The second-order valence-corrected chi connectivity index (χ2v) is 4.61. The number of hydrogen-bond acceptors (Lipinski definition) is 7. The predicted octanol–water partition coefficient (Wildman–Crippen LogP) is 2.26. The molecule has 0 saturated heterocycles. The largest absolute Gasteiger partial charge is 0.399 e. The molecule has 0 saturated carbocycles. The summed E-state index contributed by atoms with van der Waals surface area (Å²) in [6.45, 7) is 0. The highest BCUT2D eigenvalue weighted by atomic mass is 32.2. The minimum absolute atomic E-state index is 0.562. The molecule has 1 aromatic heterocycles. The second-order valence-electron chi connectivity index (χ2n) is 3.74. The summed E-state index contributed by atoms with van der Waals surface area (Å²) in [5, 5.41) is 5.91. The maximum atomic E-state index is 5.64. The van der Waals surface area contributed by atoms with Gasteiger partial charge in [-0.15, -0.1) is 0 Å². The zero-order valence-corrected chi connectivity index (χ0v) is 11.6. The maximum absolute atomic E-state index is 5.64. The van der Waals surface area contributed by atoms with Crippen LogP contribution in [0.25, 0.3) is 0 Å². The van der Waals surface area contributed by atoms with Gasteiger partial charge in [0.25, 0.3) is 0 Å². The maximum Gasteiger partial charge on any atom is 0.226 e. The van der Waals surface area contributed by atoms with Gasteiger partial charge in [0, 0.05) is 30.7 Å². The smallest absolute Gasteiger partial charge is 0.226 e. The Balaban J connectivity index is 2.08. The van der Waals surface area contributed by atoms with E-state index in [1.807, 2.05) is 37.4 Å². The number of hydrogen-bond donors (Lipinski definition) is 4. The molecule has 7 heteroatoms. The average Bonchev–Trinajstić information content (AvgIpc) is 2.46. The first-order valence-electron chi connectivity index (χ1n) is 5.74. The molecule has 1 aromatic carbocycles. The highest BCUT2D eigenvalue weighted by molar-refractivity contribution is 8.00. The molecule has 0 spiro atoms. The van der Waals surface area contributed by atoms with Gasteiger partial charge in [0.2, 0.25) is 5.95 Å². The zero-order chi connectivity index (χ0) is 13.7. The lowest BCUT2D eigenvalue weighted by Gasteiger charge is -2.08. The van der Waals surface area contributed by atoms with Gasteiger partial charge >= 0.3 is 0 Å². The molecular weight excluding hydrogens is 260 g/mol. The van der Waals surface area contributed by atoms with Crippen LogP contribution in [-0.2, 0) is 0 Å². The van der Waals surface area contributed by atoms with E-state index in [4.69, 9.17) is 5.73 Å². The van der Waals surface area contributed by atoms with Crippen LogP contribution in [0.3, 0.4) is 0 Å². The van der Waals surface area contributed by atoms with Crippen molar-refractivity contribution in [1.29, 1.82) is 0 Å². The van der Waals surface area contributed by atoms with Crippen molar-refractivity contribution in [2.45, 2.75) is 4.90 Å². The van der Waals surface area contributed by atoms with E-state index in [2.05, 4.69) is 25.3 Å². The van der Waals surface area contributed by atoms with Crippen LogP contribution < -0.4 is 21.1 Å². The second kappa shape index (κ2) is 6.14. The molecule has 0 amide bonds. The molecule has 2 aromatic rings. The van der Waals surface area contributed by atoms with E-state index in [0.717, 1.165) is 22.2 Å². The van der Waals surface area contributed by atoms with Crippen molar-refractivity contribution in [3.63, 3.8) is 0 Å². The summed E-state index contributed by atoms with van der Waals surface area (Å²) in [5.74, 6) is 2.04. The lowest BCUT2D eigenvalue weighted by Crippen LogP contribution is -2.02. The number of nitrogens with one attached hydrogen (secondary N) is 3. The van der Waals surface area contributed by atoms with E-state index >= 15 is 0 Å². The van der Waals surface area contributed by atoms with Gasteiger partial charge in [0.1, 0.15) is 11.6 Å². The van der Waals surface area contributed by atoms with Gasteiger partial charge in [0.15, 0.2) is 0 Å². The summed E-state index contributed by atoms with van der Waals surface area (Å²) in [5.41, 5.74) is 6.39. The minimum Gasteiger partial charge on any atom is -0.399 e. The molecule has 0 aliphatic heterocycles. The average molecular weight is 276 g/mol. The van der Waals surface area contributed by atoms with Crippen molar-refractivity contribution in [1.82, 2.24) is 9.97 Å². The van der Waals surface area contributed by atoms with Crippen molar-refractivity contribution in [3.05, 3.63) is 30.3 Å². The monoisotopic (exact) mass is 276 g/mol.